The topological polar surface area (TPSA) is 30.0 Å². The number of aromatic nitrogens is 1. The highest BCUT2D eigenvalue weighted by Crippen LogP contribution is 2.19. The number of benzene rings is 1. The van der Waals surface area contributed by atoms with Crippen molar-refractivity contribution in [2.75, 3.05) is 0 Å². The molecule has 0 saturated heterocycles. The highest BCUT2D eigenvalue weighted by atomic mass is 16.1. The highest BCUT2D eigenvalue weighted by molar-refractivity contribution is 5.76. The fourth-order valence-electron chi connectivity index (χ4n) is 1.47. The van der Waals surface area contributed by atoms with Crippen LogP contribution < -0.4 is 0 Å². The molecule has 0 aliphatic heterocycles. The molecule has 0 saturated carbocycles. The average Bonchev–Trinajstić information content (AvgIpc) is 2.29. The molecule has 0 aliphatic carbocycles. The van der Waals surface area contributed by atoms with Gasteiger partial charge in [0.05, 0.1) is 0 Å². The molecule has 2 nitrogen and oxygen atoms in total. The minimum absolute atomic E-state index is 0.694. The lowest BCUT2D eigenvalue weighted by molar-refractivity contribution is 0.112. The fourth-order valence-corrected chi connectivity index (χ4v) is 1.47. The maximum atomic E-state index is 10.5. The van der Waals surface area contributed by atoms with Crippen molar-refractivity contribution < 1.29 is 4.79 Å². The number of aldehydes is 1. The van der Waals surface area contributed by atoms with Crippen LogP contribution in [0.2, 0.25) is 0 Å². The molecule has 0 unspecified atom stereocenters. The number of hydrogen-bond acceptors (Lipinski definition) is 2. The van der Waals surface area contributed by atoms with Gasteiger partial charge in [-0.25, -0.2) is 0 Å². The Hall–Kier alpha value is -1.96. The minimum atomic E-state index is 0.694. The first-order valence-corrected chi connectivity index (χ1v) is 4.77. The molecule has 0 aliphatic rings. The summed E-state index contributed by atoms with van der Waals surface area (Å²) in [7, 11) is 0. The number of carbonyl (C=O) groups excluding carboxylic acids is 1. The molecule has 0 atom stereocenters. The average molecular weight is 197 g/mol. The van der Waals surface area contributed by atoms with Crippen LogP contribution in [0.25, 0.3) is 11.1 Å². The molecule has 0 bridgehead atoms. The van der Waals surface area contributed by atoms with Gasteiger partial charge in [-0.3, -0.25) is 9.78 Å². The van der Waals surface area contributed by atoms with E-state index in [-0.39, 0.29) is 0 Å². The van der Waals surface area contributed by atoms with Crippen LogP contribution >= 0.6 is 0 Å². The van der Waals surface area contributed by atoms with Crippen molar-refractivity contribution >= 4 is 6.29 Å². The summed E-state index contributed by atoms with van der Waals surface area (Å²) in [5.41, 5.74) is 3.98. The molecule has 2 heteroatoms. The predicted molar refractivity (Wildman–Crippen MR) is 59.8 cm³/mol. The fraction of sp³-hybridized carbons (Fsp3) is 0.0769. The second kappa shape index (κ2) is 4.05. The summed E-state index contributed by atoms with van der Waals surface area (Å²) < 4.78 is 0. The first-order valence-electron chi connectivity index (χ1n) is 4.77. The van der Waals surface area contributed by atoms with E-state index in [1.807, 2.05) is 43.6 Å². The maximum absolute atomic E-state index is 10.5. The van der Waals surface area contributed by atoms with E-state index >= 15 is 0 Å². The molecule has 74 valence electrons. The largest absolute Gasteiger partial charge is 0.298 e. The van der Waals surface area contributed by atoms with E-state index < -0.39 is 0 Å². The van der Waals surface area contributed by atoms with Gasteiger partial charge in [0, 0.05) is 23.5 Å². The molecule has 0 spiro atoms. The Kier molecular flexibility index (Phi) is 2.59. The molecule has 0 fully saturated rings. The van der Waals surface area contributed by atoms with Gasteiger partial charge in [0.25, 0.3) is 0 Å². The third-order valence-corrected chi connectivity index (χ3v) is 2.26. The van der Waals surface area contributed by atoms with Crippen molar-refractivity contribution in [3.05, 3.63) is 53.9 Å². The molecule has 0 amide bonds. The Bertz CT molecular complexity index is 474. The Morgan fingerprint density at radius 1 is 1.07 bits per heavy atom. The van der Waals surface area contributed by atoms with Crippen LogP contribution in [0.15, 0.2) is 42.7 Å². The molecule has 2 rings (SSSR count). The van der Waals surface area contributed by atoms with E-state index in [9.17, 15) is 4.79 Å². The third kappa shape index (κ3) is 2.10. The number of rotatable bonds is 2. The van der Waals surface area contributed by atoms with E-state index in [0.29, 0.717) is 5.56 Å². The standard InChI is InChI=1S/C13H11NO/c1-10-6-13(8-14-7-10)12-4-2-11(9-15)3-5-12/h2-9H,1H3. The van der Waals surface area contributed by atoms with Crippen molar-refractivity contribution in [1.29, 1.82) is 0 Å². The smallest absolute Gasteiger partial charge is 0.150 e. The van der Waals surface area contributed by atoms with E-state index in [2.05, 4.69) is 11.1 Å². The van der Waals surface area contributed by atoms with E-state index in [1.165, 1.54) is 0 Å². The second-order valence-corrected chi connectivity index (χ2v) is 3.49. The number of nitrogens with zero attached hydrogens (tertiary/aromatic N) is 1. The lowest BCUT2D eigenvalue weighted by Crippen LogP contribution is -1.83. The van der Waals surface area contributed by atoms with Gasteiger partial charge in [0.1, 0.15) is 6.29 Å². The molecular formula is C13H11NO. The maximum Gasteiger partial charge on any atom is 0.150 e. The van der Waals surface area contributed by atoms with E-state index in [1.54, 1.807) is 0 Å². The monoisotopic (exact) mass is 197 g/mol. The molecule has 1 aromatic heterocycles. The quantitative estimate of drug-likeness (QED) is 0.693. The van der Waals surface area contributed by atoms with E-state index in [0.717, 1.165) is 23.0 Å². The summed E-state index contributed by atoms with van der Waals surface area (Å²) in [5.74, 6) is 0. The Labute approximate surface area is 88.6 Å². The van der Waals surface area contributed by atoms with Gasteiger partial charge in [0.2, 0.25) is 0 Å². The number of hydrogen-bond donors (Lipinski definition) is 0. The van der Waals surface area contributed by atoms with Crippen LogP contribution in [-0.2, 0) is 0 Å². The third-order valence-electron chi connectivity index (χ3n) is 2.26. The highest BCUT2D eigenvalue weighted by Gasteiger charge is 1.98. The molecule has 2 aromatic rings. The summed E-state index contributed by atoms with van der Waals surface area (Å²) in [6.07, 6.45) is 4.49. The molecule has 1 aromatic carbocycles. The van der Waals surface area contributed by atoms with Crippen LogP contribution in [0.4, 0.5) is 0 Å². The van der Waals surface area contributed by atoms with Crippen LogP contribution in [0.5, 0.6) is 0 Å². The minimum Gasteiger partial charge on any atom is -0.298 e. The summed E-state index contributed by atoms with van der Waals surface area (Å²) in [5, 5.41) is 0. The molecule has 0 N–H and O–H groups in total. The zero-order valence-electron chi connectivity index (χ0n) is 8.47. The second-order valence-electron chi connectivity index (χ2n) is 3.49. The van der Waals surface area contributed by atoms with Gasteiger partial charge >= 0.3 is 0 Å². The zero-order chi connectivity index (χ0) is 10.7. The first kappa shape index (κ1) is 9.59. The van der Waals surface area contributed by atoms with Crippen LogP contribution in [0, 0.1) is 6.92 Å². The predicted octanol–water partition coefficient (Wildman–Crippen LogP) is 2.87. The lowest BCUT2D eigenvalue weighted by atomic mass is 10.1. The Morgan fingerprint density at radius 2 is 1.80 bits per heavy atom. The normalized spacial score (nSPS) is 9.93. The van der Waals surface area contributed by atoms with E-state index in [4.69, 9.17) is 0 Å². The molecule has 1 heterocycles. The Morgan fingerprint density at radius 3 is 2.40 bits per heavy atom. The van der Waals surface area contributed by atoms with Crippen molar-refractivity contribution in [2.24, 2.45) is 0 Å². The SMILES string of the molecule is Cc1cncc(-c2ccc(C=O)cc2)c1. The number of pyridine rings is 1. The van der Waals surface area contributed by atoms with Crippen LogP contribution in [0.3, 0.4) is 0 Å². The summed E-state index contributed by atoms with van der Waals surface area (Å²) in [6.45, 7) is 2.01. The van der Waals surface area contributed by atoms with Crippen LogP contribution in [0.1, 0.15) is 15.9 Å². The van der Waals surface area contributed by atoms with Gasteiger partial charge in [-0.1, -0.05) is 24.3 Å². The van der Waals surface area contributed by atoms with Gasteiger partial charge in [-0.2, -0.15) is 0 Å². The molecular weight excluding hydrogens is 186 g/mol. The Balaban J connectivity index is 2.41. The summed E-state index contributed by atoms with van der Waals surface area (Å²) in [4.78, 5) is 14.6. The van der Waals surface area contributed by atoms with Crippen molar-refractivity contribution in [2.45, 2.75) is 6.92 Å². The lowest BCUT2D eigenvalue weighted by Gasteiger charge is -2.02. The van der Waals surface area contributed by atoms with Crippen molar-refractivity contribution in [3.8, 4) is 11.1 Å². The van der Waals surface area contributed by atoms with Crippen molar-refractivity contribution in [3.63, 3.8) is 0 Å². The van der Waals surface area contributed by atoms with Gasteiger partial charge < -0.3 is 0 Å². The molecule has 0 radical (unpaired) electrons. The number of aryl methyl sites for hydroxylation is 1. The molecule has 15 heavy (non-hydrogen) atoms. The van der Waals surface area contributed by atoms with Gasteiger partial charge in [-0.15, -0.1) is 0 Å². The summed E-state index contributed by atoms with van der Waals surface area (Å²) >= 11 is 0. The first-order chi connectivity index (χ1) is 7.29. The zero-order valence-corrected chi connectivity index (χ0v) is 8.47. The van der Waals surface area contributed by atoms with Gasteiger partial charge in [-0.05, 0) is 24.1 Å². The van der Waals surface area contributed by atoms with Crippen LogP contribution in [-0.4, -0.2) is 11.3 Å². The summed E-state index contributed by atoms with van der Waals surface area (Å²) in [6, 6.07) is 9.55. The van der Waals surface area contributed by atoms with Gasteiger partial charge in [0.15, 0.2) is 0 Å². The number of carbonyl (C=O) groups is 1. The van der Waals surface area contributed by atoms with Crippen molar-refractivity contribution in [1.82, 2.24) is 4.98 Å².